The maximum Gasteiger partial charge on any atom is 0.338 e. The Morgan fingerprint density at radius 2 is 1.96 bits per heavy atom. The van der Waals surface area contributed by atoms with Gasteiger partial charge in [0.2, 0.25) is 0 Å². The molecule has 0 saturated carbocycles. The lowest BCUT2D eigenvalue weighted by atomic mass is 10.2. The number of rotatable bonds is 4. The summed E-state index contributed by atoms with van der Waals surface area (Å²) in [4.78, 5) is 20.1. The standard InChI is InChI=1S/C17H14ClN3O2/c1-2-23-17(22)11-3-6-13(7-4-11)21-16-14-9-12(18)5-8-15(14)19-10-20-16/h3-10H,2H2,1H3,(H,19,20,21). The van der Waals surface area contributed by atoms with Crippen LogP contribution in [0.5, 0.6) is 0 Å². The van der Waals surface area contributed by atoms with Gasteiger partial charge in [-0.1, -0.05) is 11.6 Å². The molecule has 1 heterocycles. The summed E-state index contributed by atoms with van der Waals surface area (Å²) < 4.78 is 4.96. The Kier molecular flexibility index (Phi) is 4.39. The van der Waals surface area contributed by atoms with E-state index in [0.717, 1.165) is 16.6 Å². The molecule has 0 amide bonds. The zero-order chi connectivity index (χ0) is 16.2. The van der Waals surface area contributed by atoms with Crippen molar-refractivity contribution < 1.29 is 9.53 Å². The highest BCUT2D eigenvalue weighted by molar-refractivity contribution is 6.31. The van der Waals surface area contributed by atoms with Crippen molar-refractivity contribution in [2.24, 2.45) is 0 Å². The second kappa shape index (κ2) is 6.62. The number of anilines is 2. The first kappa shape index (κ1) is 15.2. The smallest absolute Gasteiger partial charge is 0.338 e. The number of fused-ring (bicyclic) bond motifs is 1. The molecule has 0 fully saturated rings. The monoisotopic (exact) mass is 327 g/mol. The van der Waals surface area contributed by atoms with Crippen molar-refractivity contribution in [1.82, 2.24) is 9.97 Å². The predicted molar refractivity (Wildman–Crippen MR) is 90.2 cm³/mol. The summed E-state index contributed by atoms with van der Waals surface area (Å²) in [6.45, 7) is 2.13. The van der Waals surface area contributed by atoms with E-state index in [1.807, 2.05) is 12.1 Å². The van der Waals surface area contributed by atoms with E-state index in [0.29, 0.717) is 23.0 Å². The lowest BCUT2D eigenvalue weighted by molar-refractivity contribution is 0.0526. The van der Waals surface area contributed by atoms with Crippen LogP contribution in [0.25, 0.3) is 10.9 Å². The van der Waals surface area contributed by atoms with Crippen molar-refractivity contribution in [3.63, 3.8) is 0 Å². The maximum absolute atomic E-state index is 11.6. The van der Waals surface area contributed by atoms with E-state index in [1.165, 1.54) is 6.33 Å². The average Bonchev–Trinajstić information content (AvgIpc) is 2.56. The number of nitrogens with zero attached hydrogens (tertiary/aromatic N) is 2. The van der Waals surface area contributed by atoms with Crippen molar-refractivity contribution >= 4 is 40.0 Å². The van der Waals surface area contributed by atoms with Crippen molar-refractivity contribution in [3.05, 3.63) is 59.4 Å². The lowest BCUT2D eigenvalue weighted by Gasteiger charge is -2.09. The summed E-state index contributed by atoms with van der Waals surface area (Å²) in [7, 11) is 0. The molecule has 23 heavy (non-hydrogen) atoms. The van der Waals surface area contributed by atoms with E-state index in [1.54, 1.807) is 37.3 Å². The van der Waals surface area contributed by atoms with Gasteiger partial charge in [-0.05, 0) is 49.4 Å². The van der Waals surface area contributed by atoms with Crippen molar-refractivity contribution in [1.29, 1.82) is 0 Å². The fourth-order valence-corrected chi connectivity index (χ4v) is 2.34. The van der Waals surface area contributed by atoms with Gasteiger partial charge in [0.1, 0.15) is 12.1 Å². The zero-order valence-corrected chi connectivity index (χ0v) is 13.2. The maximum atomic E-state index is 11.6. The molecule has 3 aromatic rings. The van der Waals surface area contributed by atoms with Gasteiger partial charge in [0, 0.05) is 16.1 Å². The van der Waals surface area contributed by atoms with Crippen LogP contribution >= 0.6 is 11.6 Å². The third-order valence-corrected chi connectivity index (χ3v) is 3.49. The molecule has 5 nitrogen and oxygen atoms in total. The second-order valence-corrected chi connectivity index (χ2v) is 5.24. The Hall–Kier alpha value is -2.66. The largest absolute Gasteiger partial charge is 0.462 e. The van der Waals surface area contributed by atoms with Crippen LogP contribution in [0.4, 0.5) is 11.5 Å². The summed E-state index contributed by atoms with van der Waals surface area (Å²) >= 11 is 6.04. The Balaban J connectivity index is 1.87. The Morgan fingerprint density at radius 3 is 2.70 bits per heavy atom. The van der Waals surface area contributed by atoms with Gasteiger partial charge in [0.15, 0.2) is 0 Å². The van der Waals surface area contributed by atoms with Gasteiger partial charge in [0.25, 0.3) is 0 Å². The first-order valence-corrected chi connectivity index (χ1v) is 7.49. The number of halogens is 1. The van der Waals surface area contributed by atoms with E-state index >= 15 is 0 Å². The molecule has 0 aliphatic heterocycles. The Morgan fingerprint density at radius 1 is 1.17 bits per heavy atom. The number of carbonyl (C=O) groups is 1. The molecule has 0 unspecified atom stereocenters. The highest BCUT2D eigenvalue weighted by atomic mass is 35.5. The van der Waals surface area contributed by atoms with Crippen molar-refractivity contribution in [2.75, 3.05) is 11.9 Å². The molecule has 0 saturated heterocycles. The number of nitrogens with one attached hydrogen (secondary N) is 1. The van der Waals surface area contributed by atoms with Crippen LogP contribution in [-0.2, 0) is 4.74 Å². The van der Waals surface area contributed by atoms with Crippen LogP contribution in [0, 0.1) is 0 Å². The second-order valence-electron chi connectivity index (χ2n) is 4.81. The molecule has 0 bridgehead atoms. The zero-order valence-electron chi connectivity index (χ0n) is 12.4. The molecule has 0 atom stereocenters. The quantitative estimate of drug-likeness (QED) is 0.727. The van der Waals surface area contributed by atoms with Crippen molar-refractivity contribution in [2.45, 2.75) is 6.92 Å². The Bertz CT molecular complexity index is 850. The number of hydrogen-bond acceptors (Lipinski definition) is 5. The van der Waals surface area contributed by atoms with Gasteiger partial charge in [-0.3, -0.25) is 0 Å². The summed E-state index contributed by atoms with van der Waals surface area (Å²) in [5.41, 5.74) is 2.11. The number of aromatic nitrogens is 2. The molecular formula is C17H14ClN3O2. The van der Waals surface area contributed by atoms with Gasteiger partial charge < -0.3 is 10.1 Å². The third-order valence-electron chi connectivity index (χ3n) is 3.26. The fraction of sp³-hybridized carbons (Fsp3) is 0.118. The van der Waals surface area contributed by atoms with E-state index in [2.05, 4.69) is 15.3 Å². The molecule has 3 rings (SSSR count). The van der Waals surface area contributed by atoms with Gasteiger partial charge in [-0.25, -0.2) is 14.8 Å². The SMILES string of the molecule is CCOC(=O)c1ccc(Nc2ncnc3ccc(Cl)cc23)cc1. The molecule has 6 heteroatoms. The highest BCUT2D eigenvalue weighted by Crippen LogP contribution is 2.25. The first-order chi connectivity index (χ1) is 11.2. The number of hydrogen-bond donors (Lipinski definition) is 1. The van der Waals surface area contributed by atoms with Crippen LogP contribution in [0.15, 0.2) is 48.8 Å². The molecule has 1 N–H and O–H groups in total. The van der Waals surface area contributed by atoms with Gasteiger partial charge >= 0.3 is 5.97 Å². The number of esters is 1. The molecular weight excluding hydrogens is 314 g/mol. The van der Waals surface area contributed by atoms with Gasteiger partial charge in [-0.2, -0.15) is 0 Å². The van der Waals surface area contributed by atoms with E-state index in [4.69, 9.17) is 16.3 Å². The predicted octanol–water partition coefficient (Wildman–Crippen LogP) is 4.20. The molecule has 0 aliphatic carbocycles. The molecule has 2 aromatic carbocycles. The fourth-order valence-electron chi connectivity index (χ4n) is 2.17. The van der Waals surface area contributed by atoms with Gasteiger partial charge in [-0.15, -0.1) is 0 Å². The number of benzene rings is 2. The van der Waals surface area contributed by atoms with Crippen molar-refractivity contribution in [3.8, 4) is 0 Å². The molecule has 116 valence electrons. The molecule has 1 aromatic heterocycles. The van der Waals surface area contributed by atoms with E-state index < -0.39 is 0 Å². The Labute approximate surface area is 138 Å². The van der Waals surface area contributed by atoms with Crippen LogP contribution in [-0.4, -0.2) is 22.5 Å². The summed E-state index contributed by atoms with van der Waals surface area (Å²) in [6.07, 6.45) is 1.49. The minimum atomic E-state index is -0.335. The summed E-state index contributed by atoms with van der Waals surface area (Å²) in [5.74, 6) is 0.319. The normalized spacial score (nSPS) is 10.5. The summed E-state index contributed by atoms with van der Waals surface area (Å²) in [6, 6.07) is 12.4. The van der Waals surface area contributed by atoms with Crippen LogP contribution < -0.4 is 5.32 Å². The minimum Gasteiger partial charge on any atom is -0.462 e. The number of ether oxygens (including phenoxy) is 1. The lowest BCUT2D eigenvalue weighted by Crippen LogP contribution is -2.04. The molecule has 0 radical (unpaired) electrons. The van der Waals surface area contributed by atoms with Crippen LogP contribution in [0.2, 0.25) is 5.02 Å². The average molecular weight is 328 g/mol. The number of carbonyl (C=O) groups excluding carboxylic acids is 1. The van der Waals surface area contributed by atoms with E-state index in [9.17, 15) is 4.79 Å². The van der Waals surface area contributed by atoms with Crippen LogP contribution in [0.3, 0.4) is 0 Å². The summed E-state index contributed by atoms with van der Waals surface area (Å²) in [5, 5.41) is 4.66. The molecule has 0 spiro atoms. The first-order valence-electron chi connectivity index (χ1n) is 7.12. The minimum absolute atomic E-state index is 0.335. The third kappa shape index (κ3) is 3.40. The van der Waals surface area contributed by atoms with E-state index in [-0.39, 0.29) is 5.97 Å². The van der Waals surface area contributed by atoms with Gasteiger partial charge in [0.05, 0.1) is 17.7 Å². The highest BCUT2D eigenvalue weighted by Gasteiger charge is 2.08. The molecule has 0 aliphatic rings. The topological polar surface area (TPSA) is 64.1 Å². The van der Waals surface area contributed by atoms with Crippen LogP contribution in [0.1, 0.15) is 17.3 Å².